The number of anilines is 1. The maximum atomic E-state index is 13.5. The highest BCUT2D eigenvalue weighted by Crippen LogP contribution is 2.26. The van der Waals surface area contributed by atoms with Gasteiger partial charge in [-0.15, -0.1) is 0 Å². The number of carbonyl (C=O) groups is 2. The molecule has 0 aliphatic heterocycles. The Labute approximate surface area is 176 Å². The second-order valence-corrected chi connectivity index (χ2v) is 8.09. The third-order valence-electron chi connectivity index (χ3n) is 5.74. The number of nitrogens with zero attached hydrogens (tertiary/aromatic N) is 2. The normalized spacial score (nSPS) is 14.6. The number of amides is 2. The molecule has 0 unspecified atom stereocenters. The van der Waals surface area contributed by atoms with Crippen LogP contribution in [0.15, 0.2) is 53.1 Å². The van der Waals surface area contributed by atoms with Crippen LogP contribution in [0.3, 0.4) is 0 Å². The lowest BCUT2D eigenvalue weighted by molar-refractivity contribution is -0.117. The average Bonchev–Trinajstić information content (AvgIpc) is 3.17. The van der Waals surface area contributed by atoms with E-state index in [9.17, 15) is 9.59 Å². The Balaban J connectivity index is 1.56. The van der Waals surface area contributed by atoms with E-state index in [4.69, 9.17) is 4.52 Å². The number of hydrogen-bond acceptors (Lipinski definition) is 4. The van der Waals surface area contributed by atoms with E-state index in [1.54, 1.807) is 17.9 Å². The maximum Gasteiger partial charge on any atom is 0.254 e. The Kier molecular flexibility index (Phi) is 6.12. The SMILES string of the molecule is Cc1cc(NC(=O)CN(CC2CCCCC2)C(=O)c2cccc3ccccc23)no1. The number of rotatable bonds is 6. The molecule has 0 bridgehead atoms. The second-order valence-electron chi connectivity index (χ2n) is 8.09. The van der Waals surface area contributed by atoms with Crippen molar-refractivity contribution in [2.75, 3.05) is 18.4 Å². The molecule has 0 saturated heterocycles. The van der Waals surface area contributed by atoms with Crippen molar-refractivity contribution in [3.63, 3.8) is 0 Å². The number of benzene rings is 2. The first kappa shape index (κ1) is 20.1. The lowest BCUT2D eigenvalue weighted by atomic mass is 9.88. The van der Waals surface area contributed by atoms with Crippen molar-refractivity contribution in [3.8, 4) is 0 Å². The molecule has 6 heteroatoms. The van der Waals surface area contributed by atoms with Crippen molar-refractivity contribution in [1.82, 2.24) is 10.1 Å². The number of carbonyl (C=O) groups excluding carboxylic acids is 2. The number of aryl methyl sites for hydroxylation is 1. The van der Waals surface area contributed by atoms with Gasteiger partial charge in [0.2, 0.25) is 5.91 Å². The summed E-state index contributed by atoms with van der Waals surface area (Å²) in [5.41, 5.74) is 0.633. The van der Waals surface area contributed by atoms with Crippen LogP contribution < -0.4 is 5.32 Å². The first-order chi connectivity index (χ1) is 14.6. The Morgan fingerprint density at radius 2 is 1.87 bits per heavy atom. The van der Waals surface area contributed by atoms with E-state index in [1.807, 2.05) is 42.5 Å². The van der Waals surface area contributed by atoms with Crippen LogP contribution in [0.2, 0.25) is 0 Å². The Hall–Kier alpha value is -3.15. The fraction of sp³-hybridized carbons (Fsp3) is 0.375. The van der Waals surface area contributed by atoms with Crippen LogP contribution in [0.4, 0.5) is 5.82 Å². The van der Waals surface area contributed by atoms with Crippen molar-refractivity contribution < 1.29 is 14.1 Å². The average molecular weight is 405 g/mol. The molecule has 2 aromatic carbocycles. The Morgan fingerprint density at radius 1 is 1.10 bits per heavy atom. The van der Waals surface area contributed by atoms with Crippen LogP contribution in [-0.4, -0.2) is 35.0 Å². The van der Waals surface area contributed by atoms with Crippen molar-refractivity contribution in [1.29, 1.82) is 0 Å². The van der Waals surface area contributed by atoms with Crippen LogP contribution >= 0.6 is 0 Å². The molecular weight excluding hydrogens is 378 g/mol. The van der Waals surface area contributed by atoms with Gasteiger partial charge in [-0.05, 0) is 42.5 Å². The van der Waals surface area contributed by atoms with E-state index in [2.05, 4.69) is 10.5 Å². The van der Waals surface area contributed by atoms with Crippen LogP contribution in [-0.2, 0) is 4.79 Å². The van der Waals surface area contributed by atoms with E-state index in [1.165, 1.54) is 19.3 Å². The molecule has 1 aliphatic rings. The highest BCUT2D eigenvalue weighted by molar-refractivity contribution is 6.08. The minimum atomic E-state index is -0.271. The monoisotopic (exact) mass is 405 g/mol. The number of nitrogens with one attached hydrogen (secondary N) is 1. The van der Waals surface area contributed by atoms with Gasteiger partial charge in [-0.2, -0.15) is 0 Å². The van der Waals surface area contributed by atoms with Gasteiger partial charge in [0, 0.05) is 18.2 Å². The molecule has 1 fully saturated rings. The van der Waals surface area contributed by atoms with E-state index in [-0.39, 0.29) is 18.4 Å². The zero-order chi connectivity index (χ0) is 20.9. The molecule has 0 atom stereocenters. The van der Waals surface area contributed by atoms with Gasteiger partial charge in [-0.3, -0.25) is 9.59 Å². The molecule has 6 nitrogen and oxygen atoms in total. The fourth-order valence-corrected chi connectivity index (χ4v) is 4.26. The molecule has 1 N–H and O–H groups in total. The summed E-state index contributed by atoms with van der Waals surface area (Å²) in [5, 5.41) is 8.47. The molecule has 1 saturated carbocycles. The lowest BCUT2D eigenvalue weighted by Gasteiger charge is -2.29. The van der Waals surface area contributed by atoms with Crippen molar-refractivity contribution in [2.45, 2.75) is 39.0 Å². The molecule has 1 aromatic heterocycles. The topological polar surface area (TPSA) is 75.4 Å². The zero-order valence-electron chi connectivity index (χ0n) is 17.3. The highest BCUT2D eigenvalue weighted by Gasteiger charge is 2.25. The third kappa shape index (κ3) is 4.70. The summed E-state index contributed by atoms with van der Waals surface area (Å²) >= 11 is 0. The molecule has 1 heterocycles. The largest absolute Gasteiger partial charge is 0.360 e. The van der Waals surface area contributed by atoms with Gasteiger partial charge in [-0.25, -0.2) is 0 Å². The van der Waals surface area contributed by atoms with Gasteiger partial charge < -0.3 is 14.7 Å². The smallest absolute Gasteiger partial charge is 0.254 e. The summed E-state index contributed by atoms with van der Waals surface area (Å²) < 4.78 is 5.01. The molecule has 4 rings (SSSR count). The summed E-state index contributed by atoms with van der Waals surface area (Å²) in [5.74, 6) is 1.04. The van der Waals surface area contributed by atoms with Crippen molar-refractivity contribution in [3.05, 3.63) is 59.9 Å². The van der Waals surface area contributed by atoms with Crippen molar-refractivity contribution >= 4 is 28.4 Å². The Morgan fingerprint density at radius 3 is 2.63 bits per heavy atom. The quantitative estimate of drug-likeness (QED) is 0.639. The Bertz CT molecular complexity index is 1030. The van der Waals surface area contributed by atoms with Crippen LogP contribution in [0, 0.1) is 12.8 Å². The van der Waals surface area contributed by atoms with Gasteiger partial charge in [0.05, 0.1) is 0 Å². The second kappa shape index (κ2) is 9.11. The van der Waals surface area contributed by atoms with E-state index in [0.29, 0.717) is 29.6 Å². The molecule has 3 aromatic rings. The van der Waals surface area contributed by atoms with Gasteiger partial charge >= 0.3 is 0 Å². The molecule has 156 valence electrons. The first-order valence-corrected chi connectivity index (χ1v) is 10.6. The molecule has 2 amide bonds. The molecule has 0 radical (unpaired) electrons. The van der Waals surface area contributed by atoms with Crippen LogP contribution in [0.1, 0.15) is 48.2 Å². The van der Waals surface area contributed by atoms with Gasteiger partial charge in [0.25, 0.3) is 5.91 Å². The highest BCUT2D eigenvalue weighted by atomic mass is 16.5. The standard InChI is InChI=1S/C24H27N3O3/c1-17-14-22(26-30-17)25-23(28)16-27(15-18-8-3-2-4-9-18)24(29)21-13-7-11-19-10-5-6-12-20(19)21/h5-7,10-14,18H,2-4,8-9,15-16H2,1H3,(H,25,26,28). The summed E-state index contributed by atoms with van der Waals surface area (Å²) in [4.78, 5) is 27.9. The lowest BCUT2D eigenvalue weighted by Crippen LogP contribution is -2.41. The van der Waals surface area contributed by atoms with E-state index in [0.717, 1.165) is 23.6 Å². The minimum absolute atomic E-state index is 0.00946. The summed E-state index contributed by atoms with van der Waals surface area (Å²) in [7, 11) is 0. The third-order valence-corrected chi connectivity index (χ3v) is 5.74. The summed E-state index contributed by atoms with van der Waals surface area (Å²) in [6.07, 6.45) is 5.82. The van der Waals surface area contributed by atoms with E-state index < -0.39 is 0 Å². The number of aromatic nitrogens is 1. The molecular formula is C24H27N3O3. The molecule has 0 spiro atoms. The predicted molar refractivity (Wildman–Crippen MR) is 116 cm³/mol. The molecule has 1 aliphatic carbocycles. The summed E-state index contributed by atoms with van der Waals surface area (Å²) in [6, 6.07) is 15.3. The number of fused-ring (bicyclic) bond motifs is 1. The fourth-order valence-electron chi connectivity index (χ4n) is 4.26. The maximum absolute atomic E-state index is 13.5. The van der Waals surface area contributed by atoms with Crippen LogP contribution in [0.5, 0.6) is 0 Å². The minimum Gasteiger partial charge on any atom is -0.360 e. The van der Waals surface area contributed by atoms with Crippen molar-refractivity contribution in [2.24, 2.45) is 5.92 Å². The van der Waals surface area contributed by atoms with Gasteiger partial charge in [0.1, 0.15) is 12.3 Å². The number of hydrogen-bond donors (Lipinski definition) is 1. The van der Waals surface area contributed by atoms with Crippen LogP contribution in [0.25, 0.3) is 10.8 Å². The van der Waals surface area contributed by atoms with E-state index >= 15 is 0 Å². The summed E-state index contributed by atoms with van der Waals surface area (Å²) in [6.45, 7) is 2.35. The zero-order valence-corrected chi connectivity index (χ0v) is 17.3. The first-order valence-electron chi connectivity index (χ1n) is 10.6. The van der Waals surface area contributed by atoms with Gasteiger partial charge in [0.15, 0.2) is 5.82 Å². The molecule has 30 heavy (non-hydrogen) atoms. The predicted octanol–water partition coefficient (Wildman–Crippen LogP) is 4.80. The van der Waals surface area contributed by atoms with Gasteiger partial charge in [-0.1, -0.05) is 60.8 Å².